The van der Waals surface area contributed by atoms with Crippen molar-refractivity contribution in [3.63, 3.8) is 0 Å². The van der Waals surface area contributed by atoms with E-state index in [1.807, 2.05) is 10.9 Å². The third-order valence-corrected chi connectivity index (χ3v) is 2.68. The van der Waals surface area contributed by atoms with Gasteiger partial charge in [0.2, 0.25) is 0 Å². The molecule has 2 N–H and O–H groups in total. The first-order valence-electron chi connectivity index (χ1n) is 4.68. The molecule has 0 radical (unpaired) electrons. The Bertz CT molecular complexity index is 496. The molecule has 7 heteroatoms. The fourth-order valence-electron chi connectivity index (χ4n) is 1.40. The Morgan fingerprint density at radius 1 is 1.38 bits per heavy atom. The number of hydrogen-bond acceptors (Lipinski definition) is 5. The van der Waals surface area contributed by atoms with E-state index in [1.54, 1.807) is 6.20 Å². The van der Waals surface area contributed by atoms with Gasteiger partial charge in [0.1, 0.15) is 5.82 Å². The zero-order valence-electron chi connectivity index (χ0n) is 9.34. The molecule has 0 fully saturated rings. The van der Waals surface area contributed by atoms with Crippen LogP contribution in [0.25, 0.3) is 11.0 Å². The summed E-state index contributed by atoms with van der Waals surface area (Å²) in [6.45, 7) is 4.12. The molecular formula is C9H14ClN5S. The standard InChI is InChI=1S/C9H13N5S.ClH/c1-5(2)14-8-6(4-11-14)7(10)12-9(13-8)15-3;/h4-5H,1-3H3,(H2,10,12,13);1H. The van der Waals surface area contributed by atoms with Crippen LogP contribution in [0, 0.1) is 0 Å². The highest BCUT2D eigenvalue weighted by atomic mass is 35.5. The first-order valence-corrected chi connectivity index (χ1v) is 5.90. The van der Waals surface area contributed by atoms with Crippen LogP contribution in [0.1, 0.15) is 19.9 Å². The number of aromatic nitrogens is 4. The maximum atomic E-state index is 5.83. The van der Waals surface area contributed by atoms with Crippen LogP contribution in [-0.4, -0.2) is 26.0 Å². The van der Waals surface area contributed by atoms with Crippen LogP contribution in [0.15, 0.2) is 11.4 Å². The van der Waals surface area contributed by atoms with Crippen molar-refractivity contribution in [1.82, 2.24) is 19.7 Å². The predicted molar refractivity (Wildman–Crippen MR) is 69.1 cm³/mol. The first-order chi connectivity index (χ1) is 7.13. The molecule has 0 aromatic carbocycles. The van der Waals surface area contributed by atoms with Gasteiger partial charge in [-0.25, -0.2) is 14.6 Å². The number of hydrogen-bond donors (Lipinski definition) is 1. The maximum Gasteiger partial charge on any atom is 0.191 e. The normalized spacial score (nSPS) is 10.8. The Morgan fingerprint density at radius 3 is 2.62 bits per heavy atom. The van der Waals surface area contributed by atoms with Crippen molar-refractivity contribution in [2.75, 3.05) is 12.0 Å². The molecule has 0 aliphatic rings. The Balaban J connectivity index is 0.00000128. The number of nitrogen functional groups attached to an aromatic ring is 1. The van der Waals surface area contributed by atoms with Gasteiger partial charge in [-0.05, 0) is 20.1 Å². The fourth-order valence-corrected chi connectivity index (χ4v) is 1.76. The summed E-state index contributed by atoms with van der Waals surface area (Å²) in [6, 6.07) is 0.270. The third-order valence-electron chi connectivity index (χ3n) is 2.13. The molecule has 2 aromatic heterocycles. The van der Waals surface area contributed by atoms with Gasteiger partial charge in [0.05, 0.1) is 11.6 Å². The topological polar surface area (TPSA) is 69.6 Å². The van der Waals surface area contributed by atoms with Crippen molar-refractivity contribution in [1.29, 1.82) is 0 Å². The van der Waals surface area contributed by atoms with Crippen LogP contribution in [0.2, 0.25) is 0 Å². The molecule has 88 valence electrons. The number of anilines is 1. The second-order valence-corrected chi connectivity index (χ2v) is 4.29. The van der Waals surface area contributed by atoms with Crippen molar-refractivity contribution in [3.05, 3.63) is 6.20 Å². The summed E-state index contributed by atoms with van der Waals surface area (Å²) < 4.78 is 1.85. The number of nitrogens with two attached hydrogens (primary N) is 1. The molecule has 0 spiro atoms. The first kappa shape index (κ1) is 13.1. The molecule has 0 saturated carbocycles. The number of thioether (sulfide) groups is 1. The number of halogens is 1. The third kappa shape index (κ3) is 2.08. The van der Waals surface area contributed by atoms with Crippen molar-refractivity contribution in [3.8, 4) is 0 Å². The van der Waals surface area contributed by atoms with Crippen LogP contribution >= 0.6 is 24.2 Å². The second kappa shape index (κ2) is 4.88. The second-order valence-electron chi connectivity index (χ2n) is 3.52. The minimum atomic E-state index is 0. The number of fused-ring (bicyclic) bond motifs is 1. The van der Waals surface area contributed by atoms with Crippen LogP contribution in [0.3, 0.4) is 0 Å². The van der Waals surface area contributed by atoms with Crippen molar-refractivity contribution < 1.29 is 0 Å². The molecule has 0 bridgehead atoms. The van der Waals surface area contributed by atoms with Crippen LogP contribution < -0.4 is 5.73 Å². The molecule has 0 atom stereocenters. The van der Waals surface area contributed by atoms with E-state index in [0.29, 0.717) is 11.0 Å². The summed E-state index contributed by atoms with van der Waals surface area (Å²) in [5, 5.41) is 5.76. The van der Waals surface area contributed by atoms with E-state index in [0.717, 1.165) is 11.0 Å². The summed E-state index contributed by atoms with van der Waals surface area (Å²) in [5.41, 5.74) is 6.64. The Morgan fingerprint density at radius 2 is 2.06 bits per heavy atom. The highest BCUT2D eigenvalue weighted by Gasteiger charge is 2.11. The van der Waals surface area contributed by atoms with E-state index in [4.69, 9.17) is 5.73 Å². The van der Waals surface area contributed by atoms with Gasteiger partial charge in [0.15, 0.2) is 10.8 Å². The van der Waals surface area contributed by atoms with Crippen molar-refractivity contribution in [2.24, 2.45) is 0 Å². The quantitative estimate of drug-likeness (QED) is 0.661. The molecule has 0 saturated heterocycles. The van der Waals surface area contributed by atoms with E-state index in [1.165, 1.54) is 11.8 Å². The molecule has 2 heterocycles. The lowest BCUT2D eigenvalue weighted by Crippen LogP contribution is -2.05. The van der Waals surface area contributed by atoms with E-state index < -0.39 is 0 Å². The van der Waals surface area contributed by atoms with Gasteiger partial charge >= 0.3 is 0 Å². The van der Waals surface area contributed by atoms with Crippen molar-refractivity contribution >= 4 is 41.0 Å². The average molecular weight is 260 g/mol. The molecule has 0 amide bonds. The highest BCUT2D eigenvalue weighted by Crippen LogP contribution is 2.22. The molecule has 2 aromatic rings. The molecular weight excluding hydrogens is 246 g/mol. The minimum Gasteiger partial charge on any atom is -0.383 e. The van der Waals surface area contributed by atoms with Crippen LogP contribution in [-0.2, 0) is 0 Å². The smallest absolute Gasteiger partial charge is 0.191 e. The molecule has 16 heavy (non-hydrogen) atoms. The summed E-state index contributed by atoms with van der Waals surface area (Å²) in [6.07, 6.45) is 3.64. The SMILES string of the molecule is CSc1nc(N)c2cnn(C(C)C)c2n1.Cl. The highest BCUT2D eigenvalue weighted by molar-refractivity contribution is 7.98. The number of nitrogens with zero attached hydrogens (tertiary/aromatic N) is 4. The van der Waals surface area contributed by atoms with Gasteiger partial charge in [-0.15, -0.1) is 12.4 Å². The minimum absolute atomic E-state index is 0. The van der Waals surface area contributed by atoms with E-state index in [-0.39, 0.29) is 18.4 Å². The van der Waals surface area contributed by atoms with Gasteiger partial charge < -0.3 is 5.73 Å². The molecule has 5 nitrogen and oxygen atoms in total. The zero-order chi connectivity index (χ0) is 11.0. The van der Waals surface area contributed by atoms with Gasteiger partial charge in [0.25, 0.3) is 0 Å². The number of rotatable bonds is 2. The molecule has 0 unspecified atom stereocenters. The maximum absolute atomic E-state index is 5.83. The van der Waals surface area contributed by atoms with Crippen LogP contribution in [0.4, 0.5) is 5.82 Å². The zero-order valence-corrected chi connectivity index (χ0v) is 11.0. The van der Waals surface area contributed by atoms with Gasteiger partial charge in [0, 0.05) is 6.04 Å². The monoisotopic (exact) mass is 259 g/mol. The van der Waals surface area contributed by atoms with Gasteiger partial charge in [-0.2, -0.15) is 5.10 Å². The lowest BCUT2D eigenvalue weighted by Gasteiger charge is -2.06. The molecule has 2 rings (SSSR count). The fraction of sp³-hybridized carbons (Fsp3) is 0.444. The largest absolute Gasteiger partial charge is 0.383 e. The Hall–Kier alpha value is -1.01. The van der Waals surface area contributed by atoms with E-state index >= 15 is 0 Å². The van der Waals surface area contributed by atoms with Gasteiger partial charge in [-0.3, -0.25) is 0 Å². The Labute approximate surface area is 104 Å². The summed E-state index contributed by atoms with van der Waals surface area (Å²) in [5.74, 6) is 0.497. The average Bonchev–Trinajstić information content (AvgIpc) is 2.61. The Kier molecular flexibility index (Phi) is 3.98. The summed E-state index contributed by atoms with van der Waals surface area (Å²) in [4.78, 5) is 8.58. The lowest BCUT2D eigenvalue weighted by atomic mass is 10.3. The lowest BCUT2D eigenvalue weighted by molar-refractivity contribution is 0.545. The van der Waals surface area contributed by atoms with Gasteiger partial charge in [-0.1, -0.05) is 11.8 Å². The van der Waals surface area contributed by atoms with E-state index in [2.05, 4.69) is 28.9 Å². The van der Waals surface area contributed by atoms with E-state index in [9.17, 15) is 0 Å². The van der Waals surface area contributed by atoms with Crippen LogP contribution in [0.5, 0.6) is 0 Å². The molecule has 0 aliphatic heterocycles. The van der Waals surface area contributed by atoms with Crippen molar-refractivity contribution in [2.45, 2.75) is 25.0 Å². The molecule has 0 aliphatic carbocycles. The summed E-state index contributed by atoms with van der Waals surface area (Å²) >= 11 is 1.48. The predicted octanol–water partition coefficient (Wildman–Crippen LogP) is 2.13. The summed E-state index contributed by atoms with van der Waals surface area (Å²) in [7, 11) is 0.